The molecule has 84 valence electrons. The Balaban J connectivity index is 2.41. The van der Waals surface area contributed by atoms with Gasteiger partial charge < -0.3 is 5.32 Å². The molecular weight excluding hydrogens is 270 g/mol. The first-order chi connectivity index (χ1) is 7.26. The van der Waals surface area contributed by atoms with Crippen LogP contribution in [0.3, 0.4) is 0 Å². The average Bonchev–Trinajstić information content (AvgIpc) is 2.24. The molecule has 0 heterocycles. The van der Waals surface area contributed by atoms with Crippen molar-refractivity contribution in [1.82, 2.24) is 5.32 Å². The fourth-order valence-corrected chi connectivity index (χ4v) is 3.08. The lowest BCUT2D eigenvalue weighted by atomic mass is 10.2. The van der Waals surface area contributed by atoms with Crippen molar-refractivity contribution < 1.29 is 0 Å². The van der Waals surface area contributed by atoms with Crippen LogP contribution in [0.1, 0.15) is 19.8 Å². The largest absolute Gasteiger partial charge is 0.316 e. The number of rotatable bonds is 6. The third kappa shape index (κ3) is 5.05. The van der Waals surface area contributed by atoms with Crippen molar-refractivity contribution in [2.45, 2.75) is 30.7 Å². The number of benzene rings is 1. The van der Waals surface area contributed by atoms with Crippen LogP contribution in [0.15, 0.2) is 33.6 Å². The molecule has 1 unspecified atom stereocenters. The highest BCUT2D eigenvalue weighted by Gasteiger charge is 2.05. The summed E-state index contributed by atoms with van der Waals surface area (Å²) in [5.74, 6) is 1.14. The van der Waals surface area contributed by atoms with Crippen molar-refractivity contribution in [2.75, 3.05) is 12.8 Å². The van der Waals surface area contributed by atoms with Crippen LogP contribution < -0.4 is 5.32 Å². The van der Waals surface area contributed by atoms with Crippen LogP contribution >= 0.6 is 27.7 Å². The van der Waals surface area contributed by atoms with Gasteiger partial charge in [0.25, 0.3) is 0 Å². The summed E-state index contributed by atoms with van der Waals surface area (Å²) in [5, 5.41) is 3.36. The quantitative estimate of drug-likeness (QED) is 0.796. The average molecular weight is 288 g/mol. The first kappa shape index (κ1) is 13.1. The lowest BCUT2D eigenvalue weighted by Crippen LogP contribution is -2.27. The lowest BCUT2D eigenvalue weighted by molar-refractivity contribution is 0.564. The van der Waals surface area contributed by atoms with Crippen molar-refractivity contribution in [3.05, 3.63) is 28.7 Å². The molecule has 1 aromatic rings. The summed E-state index contributed by atoms with van der Waals surface area (Å²) in [4.78, 5) is 1.33. The monoisotopic (exact) mass is 287 g/mol. The molecule has 1 rings (SSSR count). The Hall–Kier alpha value is 0.01000. The van der Waals surface area contributed by atoms with Gasteiger partial charge in [-0.25, -0.2) is 0 Å². The summed E-state index contributed by atoms with van der Waals surface area (Å²) in [6.45, 7) is 2.23. The Morgan fingerprint density at radius 3 is 2.87 bits per heavy atom. The summed E-state index contributed by atoms with van der Waals surface area (Å²) in [7, 11) is 2.04. The highest BCUT2D eigenvalue weighted by atomic mass is 79.9. The minimum atomic E-state index is 0.624. The van der Waals surface area contributed by atoms with Crippen LogP contribution in [0.5, 0.6) is 0 Å². The minimum absolute atomic E-state index is 0.624. The fraction of sp³-hybridized carbons (Fsp3) is 0.500. The first-order valence-electron chi connectivity index (χ1n) is 5.32. The topological polar surface area (TPSA) is 12.0 Å². The standard InChI is InChI=1S/C12H18BrNS/c1-3-5-11(14-2)9-15-12-7-4-6-10(13)8-12/h4,6-8,11,14H,3,5,9H2,1-2H3. The van der Waals surface area contributed by atoms with Crippen LogP contribution in [-0.4, -0.2) is 18.8 Å². The van der Waals surface area contributed by atoms with E-state index in [4.69, 9.17) is 0 Å². The molecule has 3 heteroatoms. The second kappa shape index (κ2) is 7.31. The molecule has 15 heavy (non-hydrogen) atoms. The summed E-state index contributed by atoms with van der Waals surface area (Å²) < 4.78 is 1.16. The van der Waals surface area contributed by atoms with Crippen molar-refractivity contribution >= 4 is 27.7 Å². The molecule has 0 aliphatic heterocycles. The van der Waals surface area contributed by atoms with Crippen molar-refractivity contribution in [1.29, 1.82) is 0 Å². The first-order valence-corrected chi connectivity index (χ1v) is 7.09. The molecule has 1 nitrogen and oxygen atoms in total. The molecule has 1 N–H and O–H groups in total. The van der Waals surface area contributed by atoms with Crippen LogP contribution in [0.25, 0.3) is 0 Å². The number of hydrogen-bond donors (Lipinski definition) is 1. The zero-order chi connectivity index (χ0) is 11.1. The molecule has 0 aliphatic rings. The van der Waals surface area contributed by atoms with E-state index in [1.165, 1.54) is 17.7 Å². The number of nitrogens with one attached hydrogen (secondary N) is 1. The minimum Gasteiger partial charge on any atom is -0.316 e. The summed E-state index contributed by atoms with van der Waals surface area (Å²) in [6.07, 6.45) is 2.49. The third-order valence-electron chi connectivity index (χ3n) is 2.29. The zero-order valence-corrected chi connectivity index (χ0v) is 11.7. The van der Waals surface area contributed by atoms with E-state index in [1.807, 2.05) is 18.8 Å². The number of halogens is 1. The normalized spacial score (nSPS) is 12.7. The van der Waals surface area contributed by atoms with E-state index in [0.29, 0.717) is 6.04 Å². The van der Waals surface area contributed by atoms with Crippen LogP contribution in [-0.2, 0) is 0 Å². The maximum atomic E-state index is 3.49. The van der Waals surface area contributed by atoms with Gasteiger partial charge in [-0.05, 0) is 31.7 Å². The predicted molar refractivity (Wildman–Crippen MR) is 72.6 cm³/mol. The van der Waals surface area contributed by atoms with Gasteiger partial charge in [0.05, 0.1) is 0 Å². The Labute approximate surface area is 105 Å². The van der Waals surface area contributed by atoms with Gasteiger partial charge in [-0.2, -0.15) is 0 Å². The smallest absolute Gasteiger partial charge is 0.0186 e. The predicted octanol–water partition coefficient (Wildman–Crippen LogP) is 3.93. The van der Waals surface area contributed by atoms with Crippen molar-refractivity contribution in [3.8, 4) is 0 Å². The van der Waals surface area contributed by atoms with Gasteiger partial charge in [0, 0.05) is 21.2 Å². The second-order valence-corrected chi connectivity index (χ2v) is 5.55. The van der Waals surface area contributed by atoms with Crippen LogP contribution in [0, 0.1) is 0 Å². The Morgan fingerprint density at radius 2 is 2.27 bits per heavy atom. The Bertz CT molecular complexity index is 291. The maximum Gasteiger partial charge on any atom is 0.0186 e. The van der Waals surface area contributed by atoms with Gasteiger partial charge in [0.15, 0.2) is 0 Å². The van der Waals surface area contributed by atoms with Gasteiger partial charge >= 0.3 is 0 Å². The van der Waals surface area contributed by atoms with E-state index in [-0.39, 0.29) is 0 Å². The van der Waals surface area contributed by atoms with Gasteiger partial charge in [-0.3, -0.25) is 0 Å². The van der Waals surface area contributed by atoms with E-state index in [9.17, 15) is 0 Å². The number of hydrogen-bond acceptors (Lipinski definition) is 2. The van der Waals surface area contributed by atoms with Gasteiger partial charge in [-0.1, -0.05) is 35.3 Å². The van der Waals surface area contributed by atoms with Gasteiger partial charge in [0.1, 0.15) is 0 Å². The molecule has 0 aromatic heterocycles. The Kier molecular flexibility index (Phi) is 6.37. The summed E-state index contributed by atoms with van der Waals surface area (Å²) in [5.41, 5.74) is 0. The van der Waals surface area contributed by atoms with Gasteiger partial charge in [-0.15, -0.1) is 11.8 Å². The van der Waals surface area contributed by atoms with Crippen LogP contribution in [0.4, 0.5) is 0 Å². The molecule has 0 bridgehead atoms. The molecule has 0 saturated heterocycles. The van der Waals surface area contributed by atoms with Gasteiger partial charge in [0.2, 0.25) is 0 Å². The molecule has 0 fully saturated rings. The molecule has 0 aliphatic carbocycles. The molecule has 0 spiro atoms. The second-order valence-electron chi connectivity index (χ2n) is 3.54. The lowest BCUT2D eigenvalue weighted by Gasteiger charge is -2.14. The van der Waals surface area contributed by atoms with Crippen molar-refractivity contribution in [3.63, 3.8) is 0 Å². The number of thioether (sulfide) groups is 1. The van der Waals surface area contributed by atoms with Crippen LogP contribution in [0.2, 0.25) is 0 Å². The third-order valence-corrected chi connectivity index (χ3v) is 3.94. The van der Waals surface area contributed by atoms with E-state index in [1.54, 1.807) is 0 Å². The molecule has 1 aromatic carbocycles. The van der Waals surface area contributed by atoms with E-state index in [2.05, 4.69) is 52.4 Å². The highest BCUT2D eigenvalue weighted by molar-refractivity contribution is 9.10. The van der Waals surface area contributed by atoms with Crippen molar-refractivity contribution in [2.24, 2.45) is 0 Å². The summed E-state index contributed by atoms with van der Waals surface area (Å²) in [6, 6.07) is 9.10. The zero-order valence-electron chi connectivity index (χ0n) is 9.29. The highest BCUT2D eigenvalue weighted by Crippen LogP contribution is 2.23. The van der Waals surface area contributed by atoms with E-state index >= 15 is 0 Å². The molecule has 0 radical (unpaired) electrons. The molecule has 1 atom stereocenters. The van der Waals surface area contributed by atoms with E-state index in [0.717, 1.165) is 10.2 Å². The molecule has 0 saturated carbocycles. The molecular formula is C12H18BrNS. The maximum absolute atomic E-state index is 3.49. The van der Waals surface area contributed by atoms with E-state index < -0.39 is 0 Å². The molecule has 0 amide bonds. The Morgan fingerprint density at radius 1 is 1.47 bits per heavy atom. The summed E-state index contributed by atoms with van der Waals surface area (Å²) >= 11 is 5.40. The SMILES string of the molecule is CCCC(CSc1cccc(Br)c1)NC. The fourth-order valence-electron chi connectivity index (χ4n) is 1.41.